The van der Waals surface area contributed by atoms with Crippen molar-refractivity contribution in [2.75, 3.05) is 26.7 Å². The summed E-state index contributed by atoms with van der Waals surface area (Å²) >= 11 is 0. The molecule has 6 heteroatoms. The number of aromatic nitrogens is 1. The van der Waals surface area contributed by atoms with Crippen LogP contribution >= 0.6 is 0 Å². The van der Waals surface area contributed by atoms with E-state index in [9.17, 15) is 8.42 Å². The second-order valence-corrected chi connectivity index (χ2v) is 6.46. The van der Waals surface area contributed by atoms with Crippen molar-refractivity contribution in [1.29, 1.82) is 0 Å². The normalized spacial score (nSPS) is 18.9. The van der Waals surface area contributed by atoms with Crippen LogP contribution in [0.5, 0.6) is 0 Å². The fourth-order valence-electron chi connectivity index (χ4n) is 2.27. The minimum Gasteiger partial charge on any atom is -0.319 e. The molecular weight excluding hydrogens is 250 g/mol. The average Bonchev–Trinajstić information content (AvgIpc) is 2.41. The lowest BCUT2D eigenvalue weighted by Gasteiger charge is -2.30. The highest BCUT2D eigenvalue weighted by Gasteiger charge is 2.29. The molecule has 0 aromatic carbocycles. The van der Waals surface area contributed by atoms with Gasteiger partial charge in [0.15, 0.2) is 5.03 Å². The predicted molar refractivity (Wildman–Crippen MR) is 69.6 cm³/mol. The van der Waals surface area contributed by atoms with Gasteiger partial charge in [-0.15, -0.1) is 0 Å². The van der Waals surface area contributed by atoms with Crippen molar-refractivity contribution in [3.05, 3.63) is 24.4 Å². The van der Waals surface area contributed by atoms with Gasteiger partial charge in [-0.25, -0.2) is 13.4 Å². The Morgan fingerprint density at radius 3 is 2.67 bits per heavy atom. The van der Waals surface area contributed by atoms with Crippen LogP contribution in [-0.2, 0) is 10.0 Å². The number of nitrogens with one attached hydrogen (secondary N) is 1. The van der Waals surface area contributed by atoms with E-state index in [2.05, 4.69) is 10.3 Å². The highest BCUT2D eigenvalue weighted by molar-refractivity contribution is 7.89. The van der Waals surface area contributed by atoms with Gasteiger partial charge < -0.3 is 5.32 Å². The van der Waals surface area contributed by atoms with Crippen LogP contribution in [0.4, 0.5) is 0 Å². The first-order chi connectivity index (χ1) is 8.64. The zero-order valence-corrected chi connectivity index (χ0v) is 11.4. The average molecular weight is 269 g/mol. The first-order valence-corrected chi connectivity index (χ1v) is 7.64. The zero-order valence-electron chi connectivity index (χ0n) is 10.5. The molecule has 1 aromatic heterocycles. The van der Waals surface area contributed by atoms with E-state index in [-0.39, 0.29) is 5.03 Å². The molecule has 0 atom stereocenters. The van der Waals surface area contributed by atoms with Crippen molar-refractivity contribution in [3.8, 4) is 0 Å². The Balaban J connectivity index is 2.05. The van der Waals surface area contributed by atoms with Crippen molar-refractivity contribution in [1.82, 2.24) is 14.6 Å². The minimum absolute atomic E-state index is 0.150. The molecule has 2 heterocycles. The molecule has 1 saturated heterocycles. The van der Waals surface area contributed by atoms with Crippen molar-refractivity contribution < 1.29 is 8.42 Å². The van der Waals surface area contributed by atoms with Crippen LogP contribution in [0.15, 0.2) is 29.4 Å². The summed E-state index contributed by atoms with van der Waals surface area (Å²) in [6.07, 6.45) is 3.33. The van der Waals surface area contributed by atoms with Crippen molar-refractivity contribution >= 4 is 10.0 Å². The molecule has 0 aliphatic carbocycles. The molecule has 1 aliphatic heterocycles. The van der Waals surface area contributed by atoms with Crippen molar-refractivity contribution in [3.63, 3.8) is 0 Å². The third-order valence-electron chi connectivity index (χ3n) is 3.31. The summed E-state index contributed by atoms with van der Waals surface area (Å²) in [5, 5.41) is 3.29. The van der Waals surface area contributed by atoms with Gasteiger partial charge in [0.2, 0.25) is 0 Å². The van der Waals surface area contributed by atoms with Crippen LogP contribution in [0.2, 0.25) is 0 Å². The molecule has 2 rings (SSSR count). The molecule has 100 valence electrons. The van der Waals surface area contributed by atoms with Crippen LogP contribution in [0, 0.1) is 5.92 Å². The number of hydrogen-bond acceptors (Lipinski definition) is 4. The molecule has 0 bridgehead atoms. The predicted octanol–water partition coefficient (Wildman–Crippen LogP) is 0.702. The summed E-state index contributed by atoms with van der Waals surface area (Å²) in [6.45, 7) is 2.13. The van der Waals surface area contributed by atoms with Crippen LogP contribution in [-0.4, -0.2) is 44.4 Å². The Morgan fingerprint density at radius 1 is 1.39 bits per heavy atom. The highest BCUT2D eigenvalue weighted by Crippen LogP contribution is 2.22. The minimum atomic E-state index is -3.40. The van der Waals surface area contributed by atoms with E-state index in [1.807, 2.05) is 7.05 Å². The lowest BCUT2D eigenvalue weighted by molar-refractivity contribution is 0.270. The standard InChI is InChI=1S/C12H19N3O2S/c1-13-10-11-5-8-15(9-6-11)18(16,17)12-4-2-3-7-14-12/h2-4,7,11,13H,5-6,8-10H2,1H3. The Morgan fingerprint density at radius 2 is 2.11 bits per heavy atom. The molecule has 0 saturated carbocycles. The van der Waals surface area contributed by atoms with Gasteiger partial charge in [-0.05, 0) is 44.5 Å². The van der Waals surface area contributed by atoms with Gasteiger partial charge in [0.05, 0.1) is 0 Å². The second kappa shape index (κ2) is 5.77. The third-order valence-corrected chi connectivity index (χ3v) is 5.12. The van der Waals surface area contributed by atoms with Crippen molar-refractivity contribution in [2.24, 2.45) is 5.92 Å². The fraction of sp³-hybridized carbons (Fsp3) is 0.583. The van der Waals surface area contributed by atoms with Crippen LogP contribution < -0.4 is 5.32 Å². The van der Waals surface area contributed by atoms with Crippen LogP contribution in [0.1, 0.15) is 12.8 Å². The summed E-state index contributed by atoms with van der Waals surface area (Å²) < 4.78 is 26.1. The molecule has 0 spiro atoms. The number of pyridine rings is 1. The number of hydrogen-bond donors (Lipinski definition) is 1. The van der Waals surface area contributed by atoms with Gasteiger partial charge in [-0.1, -0.05) is 6.07 Å². The molecule has 1 N–H and O–H groups in total. The van der Waals surface area contributed by atoms with E-state index >= 15 is 0 Å². The van der Waals surface area contributed by atoms with Gasteiger partial charge in [0.1, 0.15) is 0 Å². The summed E-state index contributed by atoms with van der Waals surface area (Å²) in [6, 6.07) is 4.97. The van der Waals surface area contributed by atoms with Gasteiger partial charge in [0.25, 0.3) is 10.0 Å². The zero-order chi connectivity index (χ0) is 13.0. The van der Waals surface area contributed by atoms with E-state index in [1.54, 1.807) is 22.5 Å². The monoisotopic (exact) mass is 269 g/mol. The molecule has 1 aliphatic rings. The van der Waals surface area contributed by atoms with Crippen LogP contribution in [0.25, 0.3) is 0 Å². The molecular formula is C12H19N3O2S. The second-order valence-electron chi connectivity index (χ2n) is 4.57. The molecule has 5 nitrogen and oxygen atoms in total. The van der Waals surface area contributed by atoms with E-state index < -0.39 is 10.0 Å². The lowest BCUT2D eigenvalue weighted by atomic mass is 9.98. The maximum atomic E-state index is 12.3. The largest absolute Gasteiger partial charge is 0.319 e. The summed E-state index contributed by atoms with van der Waals surface area (Å²) in [4.78, 5) is 3.94. The molecule has 0 unspecified atom stereocenters. The summed E-state index contributed by atoms with van der Waals surface area (Å²) in [5.74, 6) is 0.574. The van der Waals surface area contributed by atoms with E-state index in [0.29, 0.717) is 19.0 Å². The molecule has 0 amide bonds. The maximum Gasteiger partial charge on any atom is 0.260 e. The third kappa shape index (κ3) is 2.88. The van der Waals surface area contributed by atoms with Crippen molar-refractivity contribution in [2.45, 2.75) is 17.9 Å². The first-order valence-electron chi connectivity index (χ1n) is 6.20. The topological polar surface area (TPSA) is 62.3 Å². The number of rotatable bonds is 4. The van der Waals surface area contributed by atoms with Gasteiger partial charge >= 0.3 is 0 Å². The summed E-state index contributed by atoms with van der Waals surface area (Å²) in [5.41, 5.74) is 0. The highest BCUT2D eigenvalue weighted by atomic mass is 32.2. The Labute approximate surface area is 108 Å². The SMILES string of the molecule is CNCC1CCN(S(=O)(=O)c2ccccn2)CC1. The lowest BCUT2D eigenvalue weighted by Crippen LogP contribution is -2.40. The molecule has 1 fully saturated rings. The van der Waals surface area contributed by atoms with Crippen LogP contribution in [0.3, 0.4) is 0 Å². The summed E-state index contributed by atoms with van der Waals surface area (Å²) in [7, 11) is -1.47. The number of nitrogens with zero attached hydrogens (tertiary/aromatic N) is 2. The van der Waals surface area contributed by atoms with Gasteiger partial charge in [-0.3, -0.25) is 0 Å². The number of piperidine rings is 1. The fourth-order valence-corrected chi connectivity index (χ4v) is 3.68. The Bertz CT molecular complexity index is 467. The van der Waals surface area contributed by atoms with E-state index in [4.69, 9.17) is 0 Å². The van der Waals surface area contributed by atoms with Gasteiger partial charge in [-0.2, -0.15) is 4.31 Å². The van der Waals surface area contributed by atoms with Gasteiger partial charge in [0, 0.05) is 19.3 Å². The smallest absolute Gasteiger partial charge is 0.260 e. The first kappa shape index (κ1) is 13.5. The maximum absolute atomic E-state index is 12.3. The Kier molecular flexibility index (Phi) is 4.31. The number of sulfonamides is 1. The quantitative estimate of drug-likeness (QED) is 0.874. The molecule has 1 aromatic rings. The van der Waals surface area contributed by atoms with E-state index in [1.165, 1.54) is 6.20 Å². The Hall–Kier alpha value is -0.980. The molecule has 0 radical (unpaired) electrons. The van der Waals surface area contributed by atoms with E-state index in [0.717, 1.165) is 19.4 Å². The molecule has 18 heavy (non-hydrogen) atoms.